The number of halogens is 1. The van der Waals surface area contributed by atoms with Crippen molar-refractivity contribution in [2.45, 2.75) is 13.3 Å². The number of carbonyl (C=O) groups excluding carboxylic acids is 1. The lowest BCUT2D eigenvalue weighted by molar-refractivity contribution is 0.0956. The molecule has 0 radical (unpaired) electrons. The van der Waals surface area contributed by atoms with E-state index in [1.54, 1.807) is 0 Å². The Kier molecular flexibility index (Phi) is 6.11. The number of pyridine rings is 1. The predicted octanol–water partition coefficient (Wildman–Crippen LogP) is 6.23. The van der Waals surface area contributed by atoms with Gasteiger partial charge in [-0.1, -0.05) is 83.9 Å². The molecule has 1 amide bonds. The topological polar surface area (TPSA) is 70.7 Å². The van der Waals surface area contributed by atoms with Gasteiger partial charge >= 0.3 is 0 Å². The van der Waals surface area contributed by atoms with Crippen LogP contribution in [0, 0.1) is 6.92 Å². The number of aryl methyl sites for hydroxylation is 1. The van der Waals surface area contributed by atoms with Gasteiger partial charge in [0.05, 0.1) is 22.3 Å². The zero-order valence-corrected chi connectivity index (χ0v) is 19.4. The summed E-state index contributed by atoms with van der Waals surface area (Å²) in [5.41, 5.74) is 6.62. The summed E-state index contributed by atoms with van der Waals surface area (Å²) in [6.45, 7) is 2.57. The number of hydrogen-bond acceptors (Lipinski definition) is 3. The molecule has 0 saturated heterocycles. The second-order valence-electron chi connectivity index (χ2n) is 8.22. The number of hydrogen-bond donors (Lipinski definition) is 2. The first-order valence-electron chi connectivity index (χ1n) is 11.1. The highest BCUT2D eigenvalue weighted by Gasteiger charge is 2.20. The van der Waals surface area contributed by atoms with Crippen molar-refractivity contribution in [2.75, 3.05) is 6.54 Å². The van der Waals surface area contributed by atoms with Gasteiger partial charge in [-0.3, -0.25) is 9.89 Å². The molecule has 168 valence electrons. The fourth-order valence-electron chi connectivity index (χ4n) is 3.96. The summed E-state index contributed by atoms with van der Waals surface area (Å²) < 4.78 is 0. The summed E-state index contributed by atoms with van der Waals surface area (Å²) in [6.07, 6.45) is 0.751. The minimum atomic E-state index is -0.159. The minimum absolute atomic E-state index is 0.159. The molecular weight excluding hydrogens is 444 g/mol. The third-order valence-electron chi connectivity index (χ3n) is 5.79. The van der Waals surface area contributed by atoms with Gasteiger partial charge in [-0.25, -0.2) is 4.98 Å². The van der Waals surface area contributed by atoms with Gasteiger partial charge in [-0.05, 0) is 37.1 Å². The van der Waals surface area contributed by atoms with Crippen molar-refractivity contribution in [3.63, 3.8) is 0 Å². The number of nitrogens with zero attached hydrogens (tertiary/aromatic N) is 2. The van der Waals surface area contributed by atoms with E-state index in [1.165, 1.54) is 5.56 Å². The number of H-pyrrole nitrogens is 1. The lowest BCUT2D eigenvalue weighted by Gasteiger charge is -2.10. The van der Waals surface area contributed by atoms with Gasteiger partial charge in [-0.2, -0.15) is 5.10 Å². The maximum Gasteiger partial charge on any atom is 0.252 e. The third kappa shape index (κ3) is 4.56. The Morgan fingerprint density at radius 3 is 2.38 bits per heavy atom. The highest BCUT2D eigenvalue weighted by atomic mass is 35.5. The van der Waals surface area contributed by atoms with Crippen molar-refractivity contribution in [3.05, 3.63) is 107 Å². The van der Waals surface area contributed by atoms with Crippen LogP contribution >= 0.6 is 11.6 Å². The molecule has 34 heavy (non-hydrogen) atoms. The summed E-state index contributed by atoms with van der Waals surface area (Å²) in [5, 5.41) is 11.9. The number of carbonyl (C=O) groups is 1. The summed E-state index contributed by atoms with van der Waals surface area (Å²) in [6, 6.07) is 27.5. The van der Waals surface area contributed by atoms with Crippen LogP contribution in [0.25, 0.3) is 33.5 Å². The quantitative estimate of drug-likeness (QED) is 0.312. The smallest absolute Gasteiger partial charge is 0.252 e. The first kappa shape index (κ1) is 21.9. The molecule has 0 fully saturated rings. The standard InChI is InChI=1S/C28H23ClN4O/c1-18-7-9-20(10-8-18)24-17-23(28(34)30-16-15-19-5-3-2-4-6-19)25-26(32-33-27(25)31-24)21-11-13-22(29)14-12-21/h2-14,17H,15-16H2,1H3,(H,30,34)(H,31,32,33). The van der Waals surface area contributed by atoms with E-state index in [1.807, 2.05) is 79.7 Å². The molecule has 0 bridgehead atoms. The van der Waals surface area contributed by atoms with Gasteiger partial charge in [0, 0.05) is 22.7 Å². The van der Waals surface area contributed by atoms with Gasteiger partial charge in [0.25, 0.3) is 5.91 Å². The molecule has 2 heterocycles. The average molecular weight is 467 g/mol. The molecule has 0 aliphatic heterocycles. The van der Waals surface area contributed by atoms with Gasteiger partial charge in [0.15, 0.2) is 5.65 Å². The molecule has 5 nitrogen and oxygen atoms in total. The molecule has 5 rings (SSSR count). The summed E-state index contributed by atoms with van der Waals surface area (Å²) in [5.74, 6) is -0.159. The van der Waals surface area contributed by atoms with E-state index >= 15 is 0 Å². The Labute approximate surface area is 202 Å². The van der Waals surface area contributed by atoms with Crippen molar-refractivity contribution in [2.24, 2.45) is 0 Å². The zero-order chi connectivity index (χ0) is 23.5. The molecular formula is C28H23ClN4O. The Balaban J connectivity index is 1.55. The lowest BCUT2D eigenvalue weighted by atomic mass is 10.0. The number of rotatable bonds is 6. The first-order chi connectivity index (χ1) is 16.6. The van der Waals surface area contributed by atoms with Crippen LogP contribution in [0.4, 0.5) is 0 Å². The fraction of sp³-hybridized carbons (Fsp3) is 0.107. The normalized spacial score (nSPS) is 11.0. The minimum Gasteiger partial charge on any atom is -0.352 e. The van der Waals surface area contributed by atoms with Gasteiger partial charge in [0.1, 0.15) is 0 Å². The van der Waals surface area contributed by atoms with Crippen molar-refractivity contribution < 1.29 is 4.79 Å². The number of benzene rings is 3. The third-order valence-corrected chi connectivity index (χ3v) is 6.04. The second kappa shape index (κ2) is 9.49. The highest BCUT2D eigenvalue weighted by molar-refractivity contribution is 6.30. The maximum absolute atomic E-state index is 13.4. The summed E-state index contributed by atoms with van der Waals surface area (Å²) in [7, 11) is 0. The van der Waals surface area contributed by atoms with Crippen LogP contribution in [0.15, 0.2) is 84.9 Å². The highest BCUT2D eigenvalue weighted by Crippen LogP contribution is 2.32. The van der Waals surface area contributed by atoms with E-state index in [2.05, 4.69) is 27.6 Å². The monoisotopic (exact) mass is 466 g/mol. The molecule has 0 unspecified atom stereocenters. The number of amides is 1. The van der Waals surface area contributed by atoms with Crippen molar-refractivity contribution in [1.29, 1.82) is 0 Å². The summed E-state index contributed by atoms with van der Waals surface area (Å²) in [4.78, 5) is 18.2. The summed E-state index contributed by atoms with van der Waals surface area (Å²) >= 11 is 6.08. The van der Waals surface area contributed by atoms with Crippen LogP contribution in [0.5, 0.6) is 0 Å². The molecule has 3 aromatic carbocycles. The van der Waals surface area contributed by atoms with E-state index in [4.69, 9.17) is 16.6 Å². The van der Waals surface area contributed by atoms with E-state index in [9.17, 15) is 4.79 Å². The first-order valence-corrected chi connectivity index (χ1v) is 11.5. The van der Waals surface area contributed by atoms with E-state index < -0.39 is 0 Å². The van der Waals surface area contributed by atoms with Crippen LogP contribution < -0.4 is 5.32 Å². The molecule has 0 spiro atoms. The van der Waals surface area contributed by atoms with Crippen LogP contribution in [0.3, 0.4) is 0 Å². The van der Waals surface area contributed by atoms with Gasteiger partial charge < -0.3 is 5.32 Å². The molecule has 6 heteroatoms. The Hall–Kier alpha value is -3.96. The molecule has 0 atom stereocenters. The number of aromatic nitrogens is 3. The van der Waals surface area contributed by atoms with Gasteiger partial charge in [0.2, 0.25) is 0 Å². The number of nitrogens with one attached hydrogen (secondary N) is 2. The molecule has 2 aromatic heterocycles. The van der Waals surface area contributed by atoms with E-state index in [-0.39, 0.29) is 5.91 Å². The zero-order valence-electron chi connectivity index (χ0n) is 18.7. The van der Waals surface area contributed by atoms with Crippen molar-refractivity contribution in [3.8, 4) is 22.5 Å². The van der Waals surface area contributed by atoms with Crippen molar-refractivity contribution in [1.82, 2.24) is 20.5 Å². The number of aromatic amines is 1. The van der Waals surface area contributed by atoms with Crippen LogP contribution in [0.1, 0.15) is 21.5 Å². The van der Waals surface area contributed by atoms with E-state index in [0.29, 0.717) is 33.9 Å². The molecule has 0 aliphatic carbocycles. The largest absolute Gasteiger partial charge is 0.352 e. The Morgan fingerprint density at radius 2 is 1.65 bits per heavy atom. The Bertz CT molecular complexity index is 1440. The maximum atomic E-state index is 13.4. The number of fused-ring (bicyclic) bond motifs is 1. The lowest BCUT2D eigenvalue weighted by Crippen LogP contribution is -2.26. The van der Waals surface area contributed by atoms with Crippen LogP contribution in [0.2, 0.25) is 5.02 Å². The molecule has 0 aliphatic rings. The molecule has 2 N–H and O–H groups in total. The van der Waals surface area contributed by atoms with Crippen molar-refractivity contribution >= 4 is 28.5 Å². The Morgan fingerprint density at radius 1 is 0.941 bits per heavy atom. The molecule has 0 saturated carbocycles. The average Bonchev–Trinajstić information content (AvgIpc) is 3.29. The van der Waals surface area contributed by atoms with Crippen LogP contribution in [-0.4, -0.2) is 27.6 Å². The predicted molar refractivity (Wildman–Crippen MR) is 137 cm³/mol. The van der Waals surface area contributed by atoms with Crippen LogP contribution in [-0.2, 0) is 6.42 Å². The fourth-order valence-corrected chi connectivity index (χ4v) is 4.09. The van der Waals surface area contributed by atoms with E-state index in [0.717, 1.165) is 28.8 Å². The molecule has 5 aromatic rings. The SMILES string of the molecule is Cc1ccc(-c2cc(C(=O)NCCc3ccccc3)c3c(-c4ccc(Cl)cc4)[nH]nc3n2)cc1. The second-order valence-corrected chi connectivity index (χ2v) is 8.65. The van der Waals surface area contributed by atoms with Gasteiger partial charge in [-0.15, -0.1) is 0 Å².